The van der Waals surface area contributed by atoms with Gasteiger partial charge in [0.25, 0.3) is 5.89 Å². The fourth-order valence-corrected chi connectivity index (χ4v) is 2.48. The number of aryl methyl sites for hydroxylation is 1. The summed E-state index contributed by atoms with van der Waals surface area (Å²) in [6, 6.07) is 14.3. The van der Waals surface area contributed by atoms with Crippen LogP contribution >= 0.6 is 0 Å². The number of nitrogens with zero attached hydrogens (tertiary/aromatic N) is 4. The monoisotopic (exact) mass is 347 g/mol. The highest BCUT2D eigenvalue weighted by molar-refractivity contribution is 5.73. The molecule has 0 aliphatic heterocycles. The summed E-state index contributed by atoms with van der Waals surface area (Å²) in [7, 11) is 0. The Morgan fingerprint density at radius 1 is 1.08 bits per heavy atom. The Balaban J connectivity index is 1.68. The third kappa shape index (κ3) is 3.14. The van der Waals surface area contributed by atoms with Crippen molar-refractivity contribution in [3.8, 4) is 22.8 Å². The average molecular weight is 347 g/mol. The zero-order chi connectivity index (χ0) is 17.9. The van der Waals surface area contributed by atoms with E-state index in [0.29, 0.717) is 34.3 Å². The molecule has 0 spiro atoms. The summed E-state index contributed by atoms with van der Waals surface area (Å²) in [4.78, 5) is 12.7. The number of hydrogen-bond donors (Lipinski definition) is 1. The fourth-order valence-electron chi connectivity index (χ4n) is 2.48. The zero-order valence-electron chi connectivity index (χ0n) is 13.8. The molecule has 0 atom stereocenters. The number of nitrogens with one attached hydrogen (secondary N) is 1. The van der Waals surface area contributed by atoms with Crippen molar-refractivity contribution in [1.82, 2.24) is 20.1 Å². The molecular weight excluding hydrogens is 333 g/mol. The van der Waals surface area contributed by atoms with Crippen LogP contribution in [0.25, 0.3) is 22.8 Å². The predicted octanol–water partition coefficient (Wildman–Crippen LogP) is 4.38. The molecule has 4 rings (SSSR count). The highest BCUT2D eigenvalue weighted by Gasteiger charge is 2.16. The Morgan fingerprint density at radius 2 is 1.92 bits per heavy atom. The van der Waals surface area contributed by atoms with Gasteiger partial charge in [0.1, 0.15) is 23.5 Å². The van der Waals surface area contributed by atoms with Crippen molar-refractivity contribution in [1.29, 1.82) is 0 Å². The van der Waals surface area contributed by atoms with Gasteiger partial charge in [0, 0.05) is 17.4 Å². The molecule has 0 unspecified atom stereocenters. The van der Waals surface area contributed by atoms with E-state index in [-0.39, 0.29) is 5.82 Å². The van der Waals surface area contributed by atoms with Crippen LogP contribution in [0, 0.1) is 12.7 Å². The molecule has 0 amide bonds. The number of anilines is 2. The van der Waals surface area contributed by atoms with Gasteiger partial charge in [-0.25, -0.2) is 14.4 Å². The zero-order valence-corrected chi connectivity index (χ0v) is 13.8. The first-order chi connectivity index (χ1) is 12.7. The van der Waals surface area contributed by atoms with Crippen molar-refractivity contribution in [2.45, 2.75) is 6.92 Å². The molecule has 4 aromatic rings. The second kappa shape index (κ2) is 6.72. The Bertz CT molecular complexity index is 1050. The molecule has 0 saturated carbocycles. The maximum atomic E-state index is 13.5. The normalized spacial score (nSPS) is 10.7. The number of aromatic nitrogens is 4. The maximum Gasteiger partial charge on any atom is 0.263 e. The molecule has 1 N–H and O–H groups in total. The smallest absolute Gasteiger partial charge is 0.263 e. The van der Waals surface area contributed by atoms with E-state index in [0.717, 1.165) is 5.56 Å². The van der Waals surface area contributed by atoms with Crippen molar-refractivity contribution in [2.24, 2.45) is 0 Å². The molecule has 0 fully saturated rings. The van der Waals surface area contributed by atoms with E-state index in [1.807, 2.05) is 30.3 Å². The third-order valence-electron chi connectivity index (χ3n) is 3.82. The van der Waals surface area contributed by atoms with Crippen molar-refractivity contribution in [3.63, 3.8) is 0 Å². The van der Waals surface area contributed by atoms with E-state index in [1.54, 1.807) is 25.3 Å². The quantitative estimate of drug-likeness (QED) is 0.590. The summed E-state index contributed by atoms with van der Waals surface area (Å²) in [5.74, 6) is 1.01. The lowest BCUT2D eigenvalue weighted by Gasteiger charge is -2.09. The highest BCUT2D eigenvalue weighted by Crippen LogP contribution is 2.28. The Hall–Kier alpha value is -3.61. The van der Waals surface area contributed by atoms with Crippen LogP contribution in [0.4, 0.5) is 15.9 Å². The minimum Gasteiger partial charge on any atom is -0.339 e. The van der Waals surface area contributed by atoms with Crippen LogP contribution in [0.1, 0.15) is 5.56 Å². The van der Waals surface area contributed by atoms with E-state index >= 15 is 0 Å². The van der Waals surface area contributed by atoms with Crippen molar-refractivity contribution < 1.29 is 8.91 Å². The van der Waals surface area contributed by atoms with Gasteiger partial charge in [-0.1, -0.05) is 35.5 Å². The molecule has 0 aliphatic rings. The van der Waals surface area contributed by atoms with Gasteiger partial charge < -0.3 is 9.84 Å². The van der Waals surface area contributed by atoms with Gasteiger partial charge in [0.05, 0.1) is 0 Å². The van der Waals surface area contributed by atoms with Gasteiger partial charge in [0.15, 0.2) is 0 Å². The Morgan fingerprint density at radius 3 is 2.73 bits per heavy atom. The highest BCUT2D eigenvalue weighted by atomic mass is 19.1. The molecule has 128 valence electrons. The standard InChI is InChI=1S/C19H14FN5O/c1-12-9-14(7-8-16(12)20)23-18-15(10-21-11-22-18)19-24-17(25-26-19)13-5-3-2-4-6-13/h2-11H,1H3,(H,21,22,23). The fraction of sp³-hybridized carbons (Fsp3) is 0.0526. The van der Waals surface area contributed by atoms with Crippen LogP contribution in [0.5, 0.6) is 0 Å². The van der Waals surface area contributed by atoms with E-state index in [9.17, 15) is 4.39 Å². The second-order valence-electron chi connectivity index (χ2n) is 5.66. The summed E-state index contributed by atoms with van der Waals surface area (Å²) in [6.45, 7) is 1.70. The average Bonchev–Trinajstić information content (AvgIpc) is 3.16. The molecule has 7 heteroatoms. The van der Waals surface area contributed by atoms with Crippen molar-refractivity contribution in [3.05, 3.63) is 72.4 Å². The van der Waals surface area contributed by atoms with Crippen LogP contribution < -0.4 is 5.32 Å². The molecule has 6 nitrogen and oxygen atoms in total. The SMILES string of the molecule is Cc1cc(Nc2ncncc2-c2nc(-c3ccccc3)no2)ccc1F. The largest absolute Gasteiger partial charge is 0.339 e. The number of halogens is 1. The minimum absolute atomic E-state index is 0.261. The lowest BCUT2D eigenvalue weighted by atomic mass is 10.2. The first-order valence-electron chi connectivity index (χ1n) is 7.93. The number of hydrogen-bond acceptors (Lipinski definition) is 6. The first-order valence-corrected chi connectivity index (χ1v) is 7.93. The van der Waals surface area contributed by atoms with Gasteiger partial charge in [0.2, 0.25) is 5.82 Å². The molecular formula is C19H14FN5O. The van der Waals surface area contributed by atoms with Gasteiger partial charge in [-0.15, -0.1) is 0 Å². The van der Waals surface area contributed by atoms with Gasteiger partial charge in [-0.05, 0) is 30.7 Å². The summed E-state index contributed by atoms with van der Waals surface area (Å²) in [5, 5.41) is 7.16. The summed E-state index contributed by atoms with van der Waals surface area (Å²) < 4.78 is 18.8. The van der Waals surface area contributed by atoms with Crippen LogP contribution in [-0.4, -0.2) is 20.1 Å². The topological polar surface area (TPSA) is 76.7 Å². The Kier molecular flexibility index (Phi) is 4.10. The van der Waals surface area contributed by atoms with Crippen molar-refractivity contribution in [2.75, 3.05) is 5.32 Å². The van der Waals surface area contributed by atoms with E-state index in [1.165, 1.54) is 12.4 Å². The molecule has 0 radical (unpaired) electrons. The van der Waals surface area contributed by atoms with Crippen LogP contribution in [0.15, 0.2) is 65.6 Å². The lowest BCUT2D eigenvalue weighted by molar-refractivity contribution is 0.432. The summed E-state index contributed by atoms with van der Waals surface area (Å²) >= 11 is 0. The Labute approximate surface area is 148 Å². The van der Waals surface area contributed by atoms with Crippen LogP contribution in [0.3, 0.4) is 0 Å². The van der Waals surface area contributed by atoms with E-state index < -0.39 is 0 Å². The molecule has 2 aromatic carbocycles. The lowest BCUT2D eigenvalue weighted by Crippen LogP contribution is -1.98. The molecule has 2 heterocycles. The van der Waals surface area contributed by atoms with Gasteiger partial charge in [-0.3, -0.25) is 0 Å². The van der Waals surface area contributed by atoms with Crippen LogP contribution in [0.2, 0.25) is 0 Å². The first kappa shape index (κ1) is 15.9. The van der Waals surface area contributed by atoms with Gasteiger partial charge >= 0.3 is 0 Å². The van der Waals surface area contributed by atoms with E-state index in [2.05, 4.69) is 25.4 Å². The number of benzene rings is 2. The molecule has 2 aromatic heterocycles. The predicted molar refractivity (Wildman–Crippen MR) is 95.2 cm³/mol. The van der Waals surface area contributed by atoms with Crippen LogP contribution in [-0.2, 0) is 0 Å². The van der Waals surface area contributed by atoms with E-state index in [4.69, 9.17) is 4.52 Å². The van der Waals surface area contributed by atoms with Gasteiger partial charge in [-0.2, -0.15) is 4.98 Å². The summed E-state index contributed by atoms with van der Waals surface area (Å²) in [5.41, 5.74) is 2.65. The third-order valence-corrected chi connectivity index (χ3v) is 3.82. The molecule has 0 aliphatic carbocycles. The molecule has 26 heavy (non-hydrogen) atoms. The number of rotatable bonds is 4. The minimum atomic E-state index is -0.261. The van der Waals surface area contributed by atoms with Crippen molar-refractivity contribution >= 4 is 11.5 Å². The summed E-state index contributed by atoms with van der Waals surface area (Å²) in [6.07, 6.45) is 3.00. The maximum absolute atomic E-state index is 13.5. The molecule has 0 bridgehead atoms. The molecule has 0 saturated heterocycles. The second-order valence-corrected chi connectivity index (χ2v) is 5.66.